The number of hydrogen-bond donors (Lipinski definition) is 0. The smallest absolute Gasteiger partial charge is 0.282 e. The third-order valence-corrected chi connectivity index (χ3v) is 5.43. The van der Waals surface area contributed by atoms with Gasteiger partial charge in [-0.3, -0.25) is 9.59 Å². The number of nitrogens with zero attached hydrogens (tertiary/aromatic N) is 2. The van der Waals surface area contributed by atoms with Crippen molar-refractivity contribution in [3.8, 4) is 5.75 Å². The number of amides is 2. The molecule has 0 radical (unpaired) electrons. The molecule has 0 aromatic heterocycles. The van der Waals surface area contributed by atoms with Crippen LogP contribution in [0.2, 0.25) is 5.02 Å². The van der Waals surface area contributed by atoms with E-state index in [1.807, 2.05) is 24.0 Å². The molecule has 2 aromatic carbocycles. The summed E-state index contributed by atoms with van der Waals surface area (Å²) in [5.74, 6) is -0.0876. The van der Waals surface area contributed by atoms with Crippen LogP contribution in [0.15, 0.2) is 54.2 Å². The third-order valence-electron chi connectivity index (χ3n) is 5.18. The van der Waals surface area contributed by atoms with Gasteiger partial charge in [-0.15, -0.1) is 0 Å². The Hall–Kier alpha value is -2.79. The summed E-state index contributed by atoms with van der Waals surface area (Å²) in [7, 11) is 0. The van der Waals surface area contributed by atoms with E-state index < -0.39 is 0 Å². The van der Waals surface area contributed by atoms with Gasteiger partial charge in [0.25, 0.3) is 11.8 Å². The van der Waals surface area contributed by atoms with Gasteiger partial charge in [0.1, 0.15) is 11.4 Å². The van der Waals surface area contributed by atoms with Crippen molar-refractivity contribution in [2.24, 2.45) is 0 Å². The molecule has 5 nitrogen and oxygen atoms in total. The van der Waals surface area contributed by atoms with Crippen molar-refractivity contribution in [3.63, 3.8) is 0 Å². The van der Waals surface area contributed by atoms with Crippen molar-refractivity contribution in [3.05, 3.63) is 64.8 Å². The topological polar surface area (TPSA) is 49.9 Å². The lowest BCUT2D eigenvalue weighted by Gasteiger charge is -2.21. The lowest BCUT2D eigenvalue weighted by atomic mass is 10.0. The van der Waals surface area contributed by atoms with E-state index in [0.717, 1.165) is 32.4 Å². The number of ether oxygens (including phenoxy) is 1. The predicted octanol–water partition coefficient (Wildman–Crippen LogP) is 4.51. The summed E-state index contributed by atoms with van der Waals surface area (Å²) in [6.07, 6.45) is 2.85. The van der Waals surface area contributed by atoms with Crippen molar-refractivity contribution in [2.75, 3.05) is 24.6 Å². The second-order valence-corrected chi connectivity index (χ2v) is 7.62. The van der Waals surface area contributed by atoms with Gasteiger partial charge in [-0.25, -0.2) is 4.90 Å². The van der Waals surface area contributed by atoms with Crippen LogP contribution in [0, 0.1) is 0 Å². The molecule has 2 heterocycles. The summed E-state index contributed by atoms with van der Waals surface area (Å²) in [6, 6.07) is 14.3. The highest BCUT2D eigenvalue weighted by Crippen LogP contribution is 2.39. The maximum absolute atomic E-state index is 13.5. The number of hydrogen-bond acceptors (Lipinski definition) is 4. The highest BCUT2D eigenvalue weighted by Gasteiger charge is 2.43. The van der Waals surface area contributed by atoms with Gasteiger partial charge in [-0.05, 0) is 49.1 Å². The van der Waals surface area contributed by atoms with Gasteiger partial charge in [-0.2, -0.15) is 0 Å². The van der Waals surface area contributed by atoms with Crippen LogP contribution in [-0.4, -0.2) is 36.4 Å². The first-order valence-electron chi connectivity index (χ1n) is 9.97. The van der Waals surface area contributed by atoms with Crippen molar-refractivity contribution >= 4 is 34.7 Å². The number of carbonyl (C=O) groups is 2. The molecule has 0 aliphatic carbocycles. The average Bonchev–Trinajstić information content (AvgIpc) is 3.34. The van der Waals surface area contributed by atoms with Gasteiger partial charge in [0, 0.05) is 18.1 Å². The van der Waals surface area contributed by atoms with Crippen LogP contribution in [0.3, 0.4) is 0 Å². The Morgan fingerprint density at radius 1 is 0.966 bits per heavy atom. The normalized spacial score (nSPS) is 16.9. The van der Waals surface area contributed by atoms with Crippen molar-refractivity contribution in [2.45, 2.75) is 26.2 Å². The summed E-state index contributed by atoms with van der Waals surface area (Å²) >= 11 is 6.04. The molecule has 150 valence electrons. The molecule has 1 saturated heterocycles. The fraction of sp³-hybridized carbons (Fsp3) is 0.304. The Balaban J connectivity index is 1.80. The number of halogens is 1. The van der Waals surface area contributed by atoms with Crippen LogP contribution in [0.5, 0.6) is 5.75 Å². The van der Waals surface area contributed by atoms with Gasteiger partial charge >= 0.3 is 0 Å². The third kappa shape index (κ3) is 3.62. The molecule has 4 rings (SSSR count). The van der Waals surface area contributed by atoms with E-state index in [-0.39, 0.29) is 11.8 Å². The number of imide groups is 1. The first-order chi connectivity index (χ1) is 14.1. The molecular weight excluding hydrogens is 388 g/mol. The van der Waals surface area contributed by atoms with Crippen molar-refractivity contribution in [1.29, 1.82) is 0 Å². The van der Waals surface area contributed by atoms with Gasteiger partial charge in [0.05, 0.1) is 17.9 Å². The summed E-state index contributed by atoms with van der Waals surface area (Å²) in [5, 5.41) is 0.587. The lowest BCUT2D eigenvalue weighted by Crippen LogP contribution is -2.34. The molecule has 29 heavy (non-hydrogen) atoms. The van der Waals surface area contributed by atoms with Gasteiger partial charge in [0.15, 0.2) is 0 Å². The molecule has 2 aromatic rings. The van der Waals surface area contributed by atoms with E-state index >= 15 is 0 Å². The molecule has 0 atom stereocenters. The molecule has 0 unspecified atom stereocenters. The number of benzene rings is 2. The molecule has 0 N–H and O–H groups in total. The number of carbonyl (C=O) groups excluding carboxylic acids is 2. The maximum Gasteiger partial charge on any atom is 0.282 e. The lowest BCUT2D eigenvalue weighted by molar-refractivity contribution is -0.120. The summed E-state index contributed by atoms with van der Waals surface area (Å²) in [5.41, 5.74) is 2.08. The predicted molar refractivity (Wildman–Crippen MR) is 114 cm³/mol. The number of anilines is 1. The Labute approximate surface area is 175 Å². The highest BCUT2D eigenvalue weighted by atomic mass is 35.5. The molecule has 2 aliphatic rings. The van der Waals surface area contributed by atoms with E-state index in [1.165, 1.54) is 4.90 Å². The molecule has 0 bridgehead atoms. The van der Waals surface area contributed by atoms with Crippen LogP contribution < -0.4 is 9.64 Å². The minimum atomic E-state index is -0.327. The maximum atomic E-state index is 13.5. The Morgan fingerprint density at radius 3 is 2.34 bits per heavy atom. The minimum Gasteiger partial charge on any atom is -0.491 e. The molecule has 0 saturated carbocycles. The zero-order valence-corrected chi connectivity index (χ0v) is 17.1. The summed E-state index contributed by atoms with van der Waals surface area (Å²) in [6.45, 7) is 4.07. The molecule has 2 aliphatic heterocycles. The quantitative estimate of drug-likeness (QED) is 0.657. The molecule has 0 spiro atoms. The number of rotatable bonds is 6. The van der Waals surface area contributed by atoms with E-state index in [1.54, 1.807) is 36.4 Å². The molecule has 2 amide bonds. The zero-order valence-electron chi connectivity index (χ0n) is 16.4. The Kier molecular flexibility index (Phi) is 5.58. The van der Waals surface area contributed by atoms with Crippen molar-refractivity contribution in [1.82, 2.24) is 4.90 Å². The van der Waals surface area contributed by atoms with E-state index in [0.29, 0.717) is 39.9 Å². The van der Waals surface area contributed by atoms with E-state index in [9.17, 15) is 9.59 Å². The van der Waals surface area contributed by atoms with Crippen LogP contribution in [-0.2, 0) is 9.59 Å². The molecular formula is C23H23ClN2O3. The second-order valence-electron chi connectivity index (χ2n) is 7.19. The molecule has 6 heteroatoms. The van der Waals surface area contributed by atoms with E-state index in [4.69, 9.17) is 16.3 Å². The SMILES string of the molecule is CCCOc1ccccc1N1C(=O)C(c2ccc(Cl)cc2)=C(N2CCCC2)C1=O. The fourth-order valence-corrected chi connectivity index (χ4v) is 3.95. The van der Waals surface area contributed by atoms with Crippen LogP contribution in [0.1, 0.15) is 31.7 Å². The van der Waals surface area contributed by atoms with Gasteiger partial charge in [0.2, 0.25) is 0 Å². The Bertz CT molecular complexity index is 962. The zero-order chi connectivity index (χ0) is 20.4. The first-order valence-corrected chi connectivity index (χ1v) is 10.4. The second kappa shape index (κ2) is 8.29. The Morgan fingerprint density at radius 2 is 1.66 bits per heavy atom. The van der Waals surface area contributed by atoms with Gasteiger partial charge < -0.3 is 9.64 Å². The fourth-order valence-electron chi connectivity index (χ4n) is 3.82. The molecule has 1 fully saturated rings. The standard InChI is InChI=1S/C23H23ClN2O3/c1-2-15-29-19-8-4-3-7-18(19)26-22(27)20(16-9-11-17(24)12-10-16)21(23(26)28)25-13-5-6-14-25/h3-4,7-12H,2,5-6,13-15H2,1H3. The average molecular weight is 411 g/mol. The van der Waals surface area contributed by atoms with E-state index in [2.05, 4.69) is 0 Å². The number of likely N-dealkylation sites (tertiary alicyclic amines) is 1. The highest BCUT2D eigenvalue weighted by molar-refractivity contribution is 6.45. The monoisotopic (exact) mass is 410 g/mol. The van der Waals surface area contributed by atoms with Crippen LogP contribution >= 0.6 is 11.6 Å². The van der Waals surface area contributed by atoms with Crippen molar-refractivity contribution < 1.29 is 14.3 Å². The number of para-hydroxylation sites is 2. The first kappa shape index (κ1) is 19.5. The van der Waals surface area contributed by atoms with Gasteiger partial charge in [-0.1, -0.05) is 42.8 Å². The summed E-state index contributed by atoms with van der Waals surface area (Å²) < 4.78 is 5.82. The van der Waals surface area contributed by atoms with Crippen LogP contribution in [0.4, 0.5) is 5.69 Å². The van der Waals surface area contributed by atoms with Crippen LogP contribution in [0.25, 0.3) is 5.57 Å². The summed E-state index contributed by atoms with van der Waals surface area (Å²) in [4.78, 5) is 30.3. The largest absolute Gasteiger partial charge is 0.491 e. The minimum absolute atomic E-state index is 0.297.